The van der Waals surface area contributed by atoms with Crippen molar-refractivity contribution in [2.45, 2.75) is 25.1 Å². The lowest BCUT2D eigenvalue weighted by molar-refractivity contribution is 0.411. The highest BCUT2D eigenvalue weighted by Gasteiger charge is 2.17. The number of hydrogen-bond donors (Lipinski definition) is 1. The summed E-state index contributed by atoms with van der Waals surface area (Å²) in [6.45, 7) is 3.72. The second-order valence-corrected chi connectivity index (χ2v) is 6.57. The maximum atomic E-state index is 11.9. The van der Waals surface area contributed by atoms with Crippen LogP contribution in [0, 0.1) is 0 Å². The lowest BCUT2D eigenvalue weighted by Gasteiger charge is -2.18. The quantitative estimate of drug-likeness (QED) is 0.897. The second-order valence-electron chi connectivity index (χ2n) is 4.67. The summed E-state index contributed by atoms with van der Waals surface area (Å²) in [4.78, 5) is 0. The largest absolute Gasteiger partial charge is 0.496 e. The van der Waals surface area contributed by atoms with E-state index in [9.17, 15) is 4.21 Å². The molecule has 0 aliphatic rings. The Hall–Kier alpha value is -0.580. The van der Waals surface area contributed by atoms with E-state index in [1.807, 2.05) is 13.8 Å². The molecule has 0 amide bonds. The fourth-order valence-electron chi connectivity index (χ4n) is 1.50. The Kier molecular flexibility index (Phi) is 4.98. The topological polar surface area (TPSA) is 52.3 Å². The maximum absolute atomic E-state index is 11.9. The monoisotopic (exact) mass is 275 g/mol. The molecule has 2 N–H and O–H groups in total. The Bertz CT molecular complexity index is 415. The van der Waals surface area contributed by atoms with Gasteiger partial charge in [0.1, 0.15) is 5.75 Å². The molecule has 3 nitrogen and oxygen atoms in total. The van der Waals surface area contributed by atoms with E-state index >= 15 is 0 Å². The summed E-state index contributed by atoms with van der Waals surface area (Å²) in [5, 5.41) is 0.616. The fourth-order valence-corrected chi connectivity index (χ4v) is 3.20. The SMILES string of the molecule is COc1ccc(Cl)cc1CS(=O)CC(C)(C)N. The number of halogens is 1. The summed E-state index contributed by atoms with van der Waals surface area (Å²) in [6, 6.07) is 5.31. The van der Waals surface area contributed by atoms with E-state index in [1.54, 1.807) is 25.3 Å². The minimum Gasteiger partial charge on any atom is -0.496 e. The van der Waals surface area contributed by atoms with Gasteiger partial charge in [0.2, 0.25) is 0 Å². The molecule has 5 heteroatoms. The predicted molar refractivity (Wildman–Crippen MR) is 73.0 cm³/mol. The van der Waals surface area contributed by atoms with Crippen molar-refractivity contribution in [1.29, 1.82) is 0 Å². The van der Waals surface area contributed by atoms with Crippen molar-refractivity contribution in [3.05, 3.63) is 28.8 Å². The fraction of sp³-hybridized carbons (Fsp3) is 0.500. The molecule has 0 bridgehead atoms. The van der Waals surface area contributed by atoms with E-state index in [2.05, 4.69) is 0 Å². The number of ether oxygens (including phenoxy) is 1. The Labute approximate surface area is 110 Å². The Morgan fingerprint density at radius 3 is 2.65 bits per heavy atom. The van der Waals surface area contributed by atoms with Gasteiger partial charge in [0.15, 0.2) is 0 Å². The van der Waals surface area contributed by atoms with Gasteiger partial charge in [0, 0.05) is 32.7 Å². The van der Waals surface area contributed by atoms with Crippen molar-refractivity contribution in [3.8, 4) is 5.75 Å². The first kappa shape index (κ1) is 14.5. The van der Waals surface area contributed by atoms with E-state index in [0.717, 1.165) is 5.56 Å². The maximum Gasteiger partial charge on any atom is 0.123 e. The van der Waals surface area contributed by atoms with Crippen LogP contribution in [0.3, 0.4) is 0 Å². The highest BCUT2D eigenvalue weighted by atomic mass is 35.5. The van der Waals surface area contributed by atoms with Crippen LogP contribution in [0.2, 0.25) is 5.02 Å². The number of rotatable bonds is 5. The van der Waals surface area contributed by atoms with Gasteiger partial charge in [-0.1, -0.05) is 11.6 Å². The van der Waals surface area contributed by atoms with E-state index in [-0.39, 0.29) is 0 Å². The first-order valence-corrected chi connectivity index (χ1v) is 7.15. The van der Waals surface area contributed by atoms with Crippen LogP contribution in [0.5, 0.6) is 5.75 Å². The van der Waals surface area contributed by atoms with Crippen LogP contribution >= 0.6 is 11.6 Å². The second kappa shape index (κ2) is 5.85. The Morgan fingerprint density at radius 1 is 1.47 bits per heavy atom. The van der Waals surface area contributed by atoms with Crippen LogP contribution in [0.15, 0.2) is 18.2 Å². The molecule has 0 fully saturated rings. The molecule has 0 aliphatic heterocycles. The van der Waals surface area contributed by atoms with Crippen molar-refractivity contribution in [3.63, 3.8) is 0 Å². The zero-order valence-electron chi connectivity index (χ0n) is 10.3. The van der Waals surface area contributed by atoms with Gasteiger partial charge in [0.25, 0.3) is 0 Å². The first-order valence-electron chi connectivity index (χ1n) is 5.28. The molecule has 0 radical (unpaired) electrons. The third-order valence-corrected chi connectivity index (χ3v) is 4.03. The van der Waals surface area contributed by atoms with Crippen LogP contribution in [0.1, 0.15) is 19.4 Å². The van der Waals surface area contributed by atoms with Gasteiger partial charge in [-0.05, 0) is 32.0 Å². The molecule has 1 atom stereocenters. The molecule has 17 heavy (non-hydrogen) atoms. The average molecular weight is 276 g/mol. The summed E-state index contributed by atoms with van der Waals surface area (Å²) < 4.78 is 17.1. The van der Waals surface area contributed by atoms with Crippen LogP contribution in [0.4, 0.5) is 0 Å². The van der Waals surface area contributed by atoms with E-state index in [1.165, 1.54) is 0 Å². The molecule has 1 unspecified atom stereocenters. The van der Waals surface area contributed by atoms with E-state index in [4.69, 9.17) is 22.1 Å². The van der Waals surface area contributed by atoms with Crippen LogP contribution < -0.4 is 10.5 Å². The van der Waals surface area contributed by atoms with Crippen LogP contribution in [-0.4, -0.2) is 22.6 Å². The molecule has 0 aliphatic carbocycles. The number of methoxy groups -OCH3 is 1. The smallest absolute Gasteiger partial charge is 0.123 e. The minimum absolute atomic E-state index is 0.407. The van der Waals surface area contributed by atoms with Gasteiger partial charge in [-0.3, -0.25) is 4.21 Å². The number of nitrogens with two attached hydrogens (primary N) is 1. The molecule has 0 saturated heterocycles. The van der Waals surface area contributed by atoms with Gasteiger partial charge in [-0.2, -0.15) is 0 Å². The molecule has 0 saturated carbocycles. The third-order valence-electron chi connectivity index (χ3n) is 2.09. The third kappa shape index (κ3) is 5.06. The van der Waals surface area contributed by atoms with Crippen LogP contribution in [0.25, 0.3) is 0 Å². The number of hydrogen-bond acceptors (Lipinski definition) is 3. The molecule has 0 spiro atoms. The first-order chi connectivity index (χ1) is 7.81. The Balaban J connectivity index is 2.80. The standard InChI is InChI=1S/C12H18ClNO2S/c1-12(2,14)8-17(15)7-9-6-10(13)4-5-11(9)16-3/h4-6H,7-8,14H2,1-3H3. The highest BCUT2D eigenvalue weighted by molar-refractivity contribution is 7.84. The summed E-state index contributed by atoms with van der Waals surface area (Å²) in [7, 11) is 0.562. The van der Waals surface area contributed by atoms with Gasteiger partial charge in [-0.25, -0.2) is 0 Å². The molecule has 0 heterocycles. The molecular formula is C12H18ClNO2S. The van der Waals surface area contributed by atoms with Crippen molar-refractivity contribution < 1.29 is 8.95 Å². The van der Waals surface area contributed by atoms with Gasteiger partial charge < -0.3 is 10.5 Å². The molecule has 0 aromatic heterocycles. The summed E-state index contributed by atoms with van der Waals surface area (Å²) in [5.41, 5.74) is 6.26. The highest BCUT2D eigenvalue weighted by Crippen LogP contribution is 2.24. The van der Waals surface area contributed by atoms with Crippen LogP contribution in [-0.2, 0) is 16.6 Å². The summed E-state index contributed by atoms with van der Waals surface area (Å²) in [5.74, 6) is 1.56. The molecule has 1 rings (SSSR count). The molecular weight excluding hydrogens is 258 g/mol. The lowest BCUT2D eigenvalue weighted by atomic mass is 10.1. The van der Waals surface area contributed by atoms with E-state index in [0.29, 0.717) is 22.3 Å². The van der Waals surface area contributed by atoms with Gasteiger partial charge >= 0.3 is 0 Å². The molecule has 1 aromatic carbocycles. The average Bonchev–Trinajstić information content (AvgIpc) is 2.14. The van der Waals surface area contributed by atoms with Gasteiger partial charge in [-0.15, -0.1) is 0 Å². The predicted octanol–water partition coefficient (Wildman–Crippen LogP) is 2.33. The van der Waals surface area contributed by atoms with Crippen molar-refractivity contribution in [2.75, 3.05) is 12.9 Å². The van der Waals surface area contributed by atoms with E-state index < -0.39 is 16.3 Å². The zero-order chi connectivity index (χ0) is 13.1. The minimum atomic E-state index is -1.02. The number of benzene rings is 1. The van der Waals surface area contributed by atoms with Gasteiger partial charge in [0.05, 0.1) is 12.9 Å². The normalized spacial score (nSPS) is 13.5. The van der Waals surface area contributed by atoms with Crippen molar-refractivity contribution in [2.24, 2.45) is 5.73 Å². The lowest BCUT2D eigenvalue weighted by Crippen LogP contribution is -2.38. The molecule has 1 aromatic rings. The summed E-state index contributed by atoms with van der Waals surface area (Å²) >= 11 is 5.91. The van der Waals surface area contributed by atoms with Crippen molar-refractivity contribution >= 4 is 22.4 Å². The summed E-state index contributed by atoms with van der Waals surface area (Å²) in [6.07, 6.45) is 0. The Morgan fingerprint density at radius 2 is 2.12 bits per heavy atom. The molecule has 96 valence electrons. The zero-order valence-corrected chi connectivity index (χ0v) is 11.9. The van der Waals surface area contributed by atoms with Crippen molar-refractivity contribution in [1.82, 2.24) is 0 Å².